The fourth-order valence-electron chi connectivity index (χ4n) is 2.78. The SMILES string of the molecule is CC(NC(=O)Cc1cnc(C2CC2)[nH]1)c1cc2ccccc2s1. The van der Waals surface area contributed by atoms with E-state index in [-0.39, 0.29) is 11.9 Å². The van der Waals surface area contributed by atoms with Crippen LogP contribution in [0.15, 0.2) is 36.5 Å². The van der Waals surface area contributed by atoms with Gasteiger partial charge in [0.15, 0.2) is 0 Å². The van der Waals surface area contributed by atoms with Crippen LogP contribution in [0.3, 0.4) is 0 Å². The average molecular weight is 325 g/mol. The Kier molecular flexibility index (Phi) is 3.65. The maximum atomic E-state index is 12.3. The van der Waals surface area contributed by atoms with E-state index < -0.39 is 0 Å². The molecule has 1 aliphatic carbocycles. The number of hydrogen-bond donors (Lipinski definition) is 2. The molecular weight excluding hydrogens is 306 g/mol. The zero-order valence-electron chi connectivity index (χ0n) is 13.0. The molecule has 1 fully saturated rings. The standard InChI is InChI=1S/C18H19N3OS/c1-11(16-8-13-4-2-3-5-15(13)23-16)20-17(22)9-14-10-19-18(21-14)12-6-7-12/h2-5,8,10-12H,6-7,9H2,1H3,(H,19,21)(H,20,22). The van der Waals surface area contributed by atoms with Gasteiger partial charge in [-0.15, -0.1) is 11.3 Å². The molecule has 2 N–H and O–H groups in total. The Hall–Kier alpha value is -2.14. The lowest BCUT2D eigenvalue weighted by Gasteiger charge is -2.11. The molecule has 1 atom stereocenters. The first kappa shape index (κ1) is 14.5. The molecule has 1 unspecified atom stereocenters. The van der Waals surface area contributed by atoms with E-state index in [1.165, 1.54) is 27.8 Å². The number of benzene rings is 1. The van der Waals surface area contributed by atoms with E-state index in [0.717, 1.165) is 11.5 Å². The second-order valence-corrected chi connectivity index (χ2v) is 7.34. The molecule has 23 heavy (non-hydrogen) atoms. The van der Waals surface area contributed by atoms with Crippen LogP contribution in [0, 0.1) is 0 Å². The predicted molar refractivity (Wildman–Crippen MR) is 92.6 cm³/mol. The zero-order valence-corrected chi connectivity index (χ0v) is 13.8. The van der Waals surface area contributed by atoms with Crippen molar-refractivity contribution in [3.63, 3.8) is 0 Å². The van der Waals surface area contributed by atoms with Gasteiger partial charge in [-0.3, -0.25) is 4.79 Å². The molecule has 1 aromatic carbocycles. The number of hydrogen-bond acceptors (Lipinski definition) is 3. The van der Waals surface area contributed by atoms with Gasteiger partial charge in [0.1, 0.15) is 5.82 Å². The third-order valence-electron chi connectivity index (χ3n) is 4.21. The lowest BCUT2D eigenvalue weighted by atomic mass is 10.2. The van der Waals surface area contributed by atoms with E-state index >= 15 is 0 Å². The molecule has 0 bridgehead atoms. The molecule has 118 valence electrons. The van der Waals surface area contributed by atoms with Crippen molar-refractivity contribution in [3.05, 3.63) is 52.9 Å². The van der Waals surface area contributed by atoms with Gasteiger partial charge in [0.05, 0.1) is 12.5 Å². The van der Waals surface area contributed by atoms with Gasteiger partial charge in [-0.2, -0.15) is 0 Å². The maximum Gasteiger partial charge on any atom is 0.226 e. The minimum atomic E-state index is 0.0192. The molecule has 0 spiro atoms. The summed E-state index contributed by atoms with van der Waals surface area (Å²) in [5.74, 6) is 1.65. The molecule has 1 saturated carbocycles. The first-order valence-corrected chi connectivity index (χ1v) is 8.82. The second kappa shape index (κ2) is 5.81. The maximum absolute atomic E-state index is 12.3. The van der Waals surface area contributed by atoms with Gasteiger partial charge in [-0.25, -0.2) is 4.98 Å². The summed E-state index contributed by atoms with van der Waals surface area (Å²) in [7, 11) is 0. The first-order valence-electron chi connectivity index (χ1n) is 8.00. The summed E-state index contributed by atoms with van der Waals surface area (Å²) in [5.41, 5.74) is 0.896. The summed E-state index contributed by atoms with van der Waals surface area (Å²) in [5, 5.41) is 4.32. The number of aromatic nitrogens is 2. The summed E-state index contributed by atoms with van der Waals surface area (Å²) < 4.78 is 1.26. The molecule has 1 amide bonds. The zero-order chi connectivity index (χ0) is 15.8. The van der Waals surface area contributed by atoms with E-state index in [1.54, 1.807) is 17.5 Å². The highest BCUT2D eigenvalue weighted by Crippen LogP contribution is 2.38. The molecule has 3 aromatic rings. The lowest BCUT2D eigenvalue weighted by Crippen LogP contribution is -2.27. The van der Waals surface area contributed by atoms with Crippen molar-refractivity contribution in [2.75, 3.05) is 0 Å². The monoisotopic (exact) mass is 325 g/mol. The fourth-order valence-corrected chi connectivity index (χ4v) is 3.85. The van der Waals surface area contributed by atoms with Gasteiger partial charge >= 0.3 is 0 Å². The van der Waals surface area contributed by atoms with Crippen LogP contribution in [0.2, 0.25) is 0 Å². The van der Waals surface area contributed by atoms with Crippen molar-refractivity contribution in [1.82, 2.24) is 15.3 Å². The van der Waals surface area contributed by atoms with E-state index in [2.05, 4.69) is 33.5 Å². The number of rotatable bonds is 5. The third-order valence-corrected chi connectivity index (χ3v) is 5.51. The lowest BCUT2D eigenvalue weighted by molar-refractivity contribution is -0.121. The van der Waals surface area contributed by atoms with Crippen LogP contribution in [0.1, 0.15) is 48.1 Å². The minimum absolute atomic E-state index is 0.0192. The van der Waals surface area contributed by atoms with Crippen LogP contribution >= 0.6 is 11.3 Å². The second-order valence-electron chi connectivity index (χ2n) is 6.22. The number of aromatic amines is 1. The molecule has 4 rings (SSSR count). The van der Waals surface area contributed by atoms with Crippen LogP contribution in [0.25, 0.3) is 10.1 Å². The van der Waals surface area contributed by atoms with Crippen molar-refractivity contribution in [1.29, 1.82) is 0 Å². The molecule has 2 heterocycles. The summed E-state index contributed by atoms with van der Waals surface area (Å²) in [6.07, 6.45) is 4.57. The largest absolute Gasteiger partial charge is 0.348 e. The van der Waals surface area contributed by atoms with Gasteiger partial charge in [0.25, 0.3) is 0 Å². The highest BCUT2D eigenvalue weighted by atomic mass is 32.1. The Morgan fingerprint density at radius 3 is 3.04 bits per heavy atom. The number of amides is 1. The molecule has 2 aromatic heterocycles. The van der Waals surface area contributed by atoms with E-state index in [4.69, 9.17) is 0 Å². The number of imidazole rings is 1. The van der Waals surface area contributed by atoms with Gasteiger partial charge in [0, 0.05) is 27.4 Å². The minimum Gasteiger partial charge on any atom is -0.348 e. The summed E-state index contributed by atoms with van der Waals surface area (Å²) in [6.45, 7) is 2.03. The summed E-state index contributed by atoms with van der Waals surface area (Å²) >= 11 is 1.74. The highest BCUT2D eigenvalue weighted by molar-refractivity contribution is 7.19. The quantitative estimate of drug-likeness (QED) is 0.747. The van der Waals surface area contributed by atoms with Crippen molar-refractivity contribution >= 4 is 27.3 Å². The molecule has 5 heteroatoms. The number of carbonyl (C=O) groups is 1. The number of thiophene rings is 1. The Bertz CT molecular complexity index is 814. The van der Waals surface area contributed by atoms with E-state index in [0.29, 0.717) is 12.3 Å². The molecular formula is C18H19N3OS. The van der Waals surface area contributed by atoms with Gasteiger partial charge in [-0.1, -0.05) is 18.2 Å². The average Bonchev–Trinajstić information content (AvgIpc) is 3.12. The van der Waals surface area contributed by atoms with Gasteiger partial charge in [-0.05, 0) is 37.3 Å². The molecule has 1 aliphatic rings. The van der Waals surface area contributed by atoms with E-state index in [1.807, 2.05) is 19.1 Å². The number of nitrogens with one attached hydrogen (secondary N) is 2. The Labute approximate surface area is 138 Å². The third kappa shape index (κ3) is 3.15. The Balaban J connectivity index is 1.40. The Morgan fingerprint density at radius 1 is 1.43 bits per heavy atom. The van der Waals surface area contributed by atoms with Crippen molar-refractivity contribution in [2.45, 2.75) is 38.1 Å². The molecule has 0 saturated heterocycles. The molecule has 0 radical (unpaired) electrons. The van der Waals surface area contributed by atoms with E-state index in [9.17, 15) is 4.79 Å². The molecule has 4 nitrogen and oxygen atoms in total. The highest BCUT2D eigenvalue weighted by Gasteiger charge is 2.26. The first-order chi connectivity index (χ1) is 11.2. The van der Waals surface area contributed by atoms with Crippen LogP contribution in [-0.2, 0) is 11.2 Å². The molecule has 0 aliphatic heterocycles. The van der Waals surface area contributed by atoms with Crippen LogP contribution in [0.5, 0.6) is 0 Å². The number of nitrogens with zero attached hydrogens (tertiary/aromatic N) is 1. The summed E-state index contributed by atoms with van der Waals surface area (Å²) in [4.78, 5) is 21.1. The van der Waals surface area contributed by atoms with Crippen LogP contribution in [0.4, 0.5) is 0 Å². The topological polar surface area (TPSA) is 57.8 Å². The van der Waals surface area contributed by atoms with Crippen molar-refractivity contribution < 1.29 is 4.79 Å². The number of H-pyrrole nitrogens is 1. The van der Waals surface area contributed by atoms with Crippen molar-refractivity contribution in [2.24, 2.45) is 0 Å². The Morgan fingerprint density at radius 2 is 2.26 bits per heavy atom. The van der Waals surface area contributed by atoms with Crippen molar-refractivity contribution in [3.8, 4) is 0 Å². The number of carbonyl (C=O) groups excluding carboxylic acids is 1. The van der Waals surface area contributed by atoms with Crippen LogP contribution in [-0.4, -0.2) is 15.9 Å². The fraction of sp³-hybridized carbons (Fsp3) is 0.333. The van der Waals surface area contributed by atoms with Gasteiger partial charge in [0.2, 0.25) is 5.91 Å². The smallest absolute Gasteiger partial charge is 0.226 e. The normalized spacial score (nSPS) is 15.7. The van der Waals surface area contributed by atoms with Gasteiger partial charge < -0.3 is 10.3 Å². The number of fused-ring (bicyclic) bond motifs is 1. The van der Waals surface area contributed by atoms with Crippen LogP contribution < -0.4 is 5.32 Å². The summed E-state index contributed by atoms with van der Waals surface area (Å²) in [6, 6.07) is 10.5. The predicted octanol–water partition coefficient (Wildman–Crippen LogP) is 3.92.